The molecule has 0 radical (unpaired) electrons. The Morgan fingerprint density at radius 2 is 1.56 bits per heavy atom. The number of terminal acetylenes is 1. The van der Waals surface area contributed by atoms with E-state index in [1.807, 2.05) is 0 Å². The third-order valence-electron chi connectivity index (χ3n) is 4.94. The molecule has 1 unspecified atom stereocenters. The van der Waals surface area contributed by atoms with Gasteiger partial charge in [-0.2, -0.15) is 0 Å². The van der Waals surface area contributed by atoms with Gasteiger partial charge in [-0.1, -0.05) is 46.0 Å². The van der Waals surface area contributed by atoms with E-state index in [1.54, 1.807) is 0 Å². The van der Waals surface area contributed by atoms with Crippen LogP contribution in [0, 0.1) is 18.3 Å². The second kappa shape index (κ2) is 5.39. The molecule has 2 heteroatoms. The van der Waals surface area contributed by atoms with Crippen molar-refractivity contribution in [2.75, 3.05) is 0 Å². The molecular weight excluding hydrogens is 236 g/mol. The Morgan fingerprint density at radius 1 is 1.06 bits per heavy atom. The van der Waals surface area contributed by atoms with E-state index in [1.165, 1.54) is 32.1 Å². The first-order chi connectivity index (χ1) is 8.12. The van der Waals surface area contributed by atoms with Crippen molar-refractivity contribution in [3.8, 4) is 12.3 Å². The first-order valence-corrected chi connectivity index (χ1v) is 10.2. The van der Waals surface area contributed by atoms with Crippen LogP contribution in [-0.2, 0) is 4.43 Å². The predicted octanol–water partition coefficient (Wildman–Crippen LogP) is 4.98. The highest BCUT2D eigenvalue weighted by Gasteiger charge is 2.45. The Bertz CT molecular complexity index is 315. The summed E-state index contributed by atoms with van der Waals surface area (Å²) in [6.45, 7) is 13.6. The van der Waals surface area contributed by atoms with Gasteiger partial charge in [-0.25, -0.2) is 0 Å². The lowest BCUT2D eigenvalue weighted by Gasteiger charge is -2.46. The van der Waals surface area contributed by atoms with Crippen LogP contribution in [0.3, 0.4) is 0 Å². The fourth-order valence-corrected chi connectivity index (χ4v) is 4.16. The highest BCUT2D eigenvalue weighted by atomic mass is 28.4. The Morgan fingerprint density at radius 3 is 1.94 bits per heavy atom. The van der Waals surface area contributed by atoms with Crippen LogP contribution in [0.4, 0.5) is 0 Å². The van der Waals surface area contributed by atoms with Gasteiger partial charge in [-0.15, -0.1) is 6.42 Å². The summed E-state index contributed by atoms with van der Waals surface area (Å²) >= 11 is 0. The standard InChI is InChI=1S/C16H30OSi/c1-8-16(5,14-12-10-9-11-13-14)17-18(6,7)15(2,3)4/h1,14H,9-13H2,2-7H3. The lowest BCUT2D eigenvalue weighted by molar-refractivity contribution is 0.0476. The van der Waals surface area contributed by atoms with Crippen molar-refractivity contribution < 1.29 is 4.43 Å². The molecule has 0 amide bonds. The summed E-state index contributed by atoms with van der Waals surface area (Å²) in [6, 6.07) is 0. The highest BCUT2D eigenvalue weighted by Crippen LogP contribution is 2.43. The summed E-state index contributed by atoms with van der Waals surface area (Å²) in [6.07, 6.45) is 12.3. The minimum atomic E-state index is -1.79. The van der Waals surface area contributed by atoms with Gasteiger partial charge in [0.05, 0.1) is 0 Å². The zero-order valence-corrected chi connectivity index (χ0v) is 14.1. The number of rotatable bonds is 3. The number of hydrogen-bond acceptors (Lipinski definition) is 1. The van der Waals surface area contributed by atoms with Gasteiger partial charge in [-0.05, 0) is 43.8 Å². The van der Waals surface area contributed by atoms with Crippen molar-refractivity contribution in [3.63, 3.8) is 0 Å². The third kappa shape index (κ3) is 3.39. The monoisotopic (exact) mass is 266 g/mol. The molecule has 1 nitrogen and oxygen atoms in total. The Kier molecular flexibility index (Phi) is 4.73. The zero-order chi connectivity index (χ0) is 14.0. The molecular formula is C16H30OSi. The second-order valence-corrected chi connectivity index (χ2v) is 12.2. The largest absolute Gasteiger partial charge is 0.401 e. The molecule has 18 heavy (non-hydrogen) atoms. The van der Waals surface area contributed by atoms with Gasteiger partial charge in [0.25, 0.3) is 0 Å². The fraction of sp³-hybridized carbons (Fsp3) is 0.875. The van der Waals surface area contributed by atoms with Crippen molar-refractivity contribution in [1.29, 1.82) is 0 Å². The number of hydrogen-bond donors (Lipinski definition) is 0. The molecule has 0 aromatic rings. The van der Waals surface area contributed by atoms with E-state index in [0.717, 1.165) is 0 Å². The third-order valence-corrected chi connectivity index (χ3v) is 9.49. The van der Waals surface area contributed by atoms with Crippen LogP contribution >= 0.6 is 0 Å². The van der Waals surface area contributed by atoms with Crippen LogP contribution in [0.15, 0.2) is 0 Å². The van der Waals surface area contributed by atoms with Gasteiger partial charge in [0.1, 0.15) is 5.60 Å². The molecule has 1 atom stereocenters. The van der Waals surface area contributed by atoms with E-state index < -0.39 is 8.32 Å². The minimum absolute atomic E-state index is 0.222. The molecule has 0 saturated heterocycles. The van der Waals surface area contributed by atoms with E-state index in [0.29, 0.717) is 5.92 Å². The van der Waals surface area contributed by atoms with Gasteiger partial charge in [-0.3, -0.25) is 0 Å². The van der Waals surface area contributed by atoms with E-state index >= 15 is 0 Å². The lowest BCUT2D eigenvalue weighted by atomic mass is 9.78. The summed E-state index contributed by atoms with van der Waals surface area (Å²) in [7, 11) is -1.79. The summed E-state index contributed by atoms with van der Waals surface area (Å²) in [5, 5.41) is 0.222. The van der Waals surface area contributed by atoms with Gasteiger partial charge in [0.15, 0.2) is 8.32 Å². The average molecular weight is 267 g/mol. The highest BCUT2D eigenvalue weighted by molar-refractivity contribution is 6.74. The Balaban J connectivity index is 2.86. The van der Waals surface area contributed by atoms with Crippen molar-refractivity contribution in [2.24, 2.45) is 5.92 Å². The van der Waals surface area contributed by atoms with Crippen LogP contribution in [0.25, 0.3) is 0 Å². The molecule has 1 saturated carbocycles. The fourth-order valence-electron chi connectivity index (χ4n) is 2.57. The zero-order valence-electron chi connectivity index (χ0n) is 13.1. The maximum absolute atomic E-state index is 6.58. The average Bonchev–Trinajstić information content (AvgIpc) is 2.28. The van der Waals surface area contributed by atoms with E-state index in [9.17, 15) is 0 Å². The van der Waals surface area contributed by atoms with Gasteiger partial charge >= 0.3 is 0 Å². The van der Waals surface area contributed by atoms with Crippen LogP contribution in [0.2, 0.25) is 18.1 Å². The van der Waals surface area contributed by atoms with Gasteiger partial charge in [0.2, 0.25) is 0 Å². The SMILES string of the molecule is C#CC(C)(O[Si](C)(C)C(C)(C)C)C1CCCCC1. The predicted molar refractivity (Wildman–Crippen MR) is 82.1 cm³/mol. The molecule has 104 valence electrons. The van der Waals surface area contributed by atoms with Crippen molar-refractivity contribution >= 4 is 8.32 Å². The molecule has 1 fully saturated rings. The minimum Gasteiger partial charge on any atom is -0.401 e. The molecule has 1 rings (SSSR count). The maximum atomic E-state index is 6.58. The molecule has 0 aromatic carbocycles. The van der Waals surface area contributed by atoms with E-state index in [4.69, 9.17) is 10.8 Å². The van der Waals surface area contributed by atoms with E-state index in [-0.39, 0.29) is 10.6 Å². The molecule has 1 aliphatic carbocycles. The Hall–Kier alpha value is -0.263. The normalized spacial score (nSPS) is 22.3. The van der Waals surface area contributed by atoms with Gasteiger partial charge < -0.3 is 4.43 Å². The first-order valence-electron chi connectivity index (χ1n) is 7.30. The molecule has 0 heterocycles. The molecule has 0 aliphatic heterocycles. The van der Waals surface area contributed by atoms with Crippen molar-refractivity contribution in [3.05, 3.63) is 0 Å². The lowest BCUT2D eigenvalue weighted by Crippen LogP contribution is -2.51. The van der Waals surface area contributed by atoms with Crippen LogP contribution in [0.5, 0.6) is 0 Å². The van der Waals surface area contributed by atoms with Gasteiger partial charge in [0, 0.05) is 0 Å². The summed E-state index contributed by atoms with van der Waals surface area (Å²) in [5.41, 5.74) is -0.358. The second-order valence-electron chi connectivity index (χ2n) is 7.45. The topological polar surface area (TPSA) is 9.23 Å². The molecule has 0 spiro atoms. The quantitative estimate of drug-likeness (QED) is 0.517. The molecule has 0 aromatic heterocycles. The molecule has 1 aliphatic rings. The molecule has 0 bridgehead atoms. The maximum Gasteiger partial charge on any atom is 0.194 e. The van der Waals surface area contributed by atoms with E-state index in [2.05, 4.69) is 46.7 Å². The van der Waals surface area contributed by atoms with Crippen LogP contribution < -0.4 is 0 Å². The molecule has 0 N–H and O–H groups in total. The first kappa shape index (κ1) is 15.8. The van der Waals surface area contributed by atoms with Crippen molar-refractivity contribution in [1.82, 2.24) is 0 Å². The van der Waals surface area contributed by atoms with Crippen LogP contribution in [-0.4, -0.2) is 13.9 Å². The summed E-state index contributed by atoms with van der Waals surface area (Å²) in [5.74, 6) is 3.54. The summed E-state index contributed by atoms with van der Waals surface area (Å²) in [4.78, 5) is 0. The smallest absolute Gasteiger partial charge is 0.194 e. The van der Waals surface area contributed by atoms with Crippen LogP contribution in [0.1, 0.15) is 59.8 Å². The van der Waals surface area contributed by atoms with Crippen molar-refractivity contribution in [2.45, 2.75) is 83.5 Å². The summed E-state index contributed by atoms with van der Waals surface area (Å²) < 4.78 is 6.58. The Labute approximate surface area is 115 Å².